The van der Waals surface area contributed by atoms with Crippen molar-refractivity contribution >= 4 is 17.9 Å². The second-order valence-corrected chi connectivity index (χ2v) is 7.52. The molecular formula is C24H26N2O4. The predicted octanol–water partition coefficient (Wildman–Crippen LogP) is 3.64. The van der Waals surface area contributed by atoms with Gasteiger partial charge in [-0.05, 0) is 36.3 Å². The molecule has 0 saturated carbocycles. The van der Waals surface area contributed by atoms with Crippen LogP contribution in [0.1, 0.15) is 37.4 Å². The molecule has 0 aliphatic carbocycles. The topological polar surface area (TPSA) is 59.1 Å². The molecule has 2 aromatic carbocycles. The fourth-order valence-corrected chi connectivity index (χ4v) is 4.01. The monoisotopic (exact) mass is 406 g/mol. The van der Waals surface area contributed by atoms with Crippen molar-refractivity contribution in [3.8, 4) is 11.5 Å². The number of fused-ring (bicyclic) bond motifs is 2. The Morgan fingerprint density at radius 2 is 1.83 bits per heavy atom. The Balaban J connectivity index is 1.47. The average Bonchev–Trinajstić information content (AvgIpc) is 2.77. The highest BCUT2D eigenvalue weighted by Gasteiger charge is 2.31. The second kappa shape index (κ2) is 8.61. The first kappa shape index (κ1) is 20.0. The molecule has 0 bridgehead atoms. The van der Waals surface area contributed by atoms with Crippen LogP contribution in [0.25, 0.3) is 6.08 Å². The van der Waals surface area contributed by atoms with Gasteiger partial charge in [0.15, 0.2) is 17.6 Å². The van der Waals surface area contributed by atoms with Crippen molar-refractivity contribution in [1.29, 1.82) is 0 Å². The van der Waals surface area contributed by atoms with Gasteiger partial charge in [0.2, 0.25) is 11.8 Å². The summed E-state index contributed by atoms with van der Waals surface area (Å²) in [5.74, 6) is 1.33. The molecule has 156 valence electrons. The summed E-state index contributed by atoms with van der Waals surface area (Å²) in [7, 11) is 0. The van der Waals surface area contributed by atoms with E-state index in [1.165, 1.54) is 6.92 Å². The Morgan fingerprint density at radius 1 is 1.10 bits per heavy atom. The zero-order chi connectivity index (χ0) is 21.1. The molecule has 6 heteroatoms. The average molecular weight is 406 g/mol. The third kappa shape index (κ3) is 4.03. The maximum atomic E-state index is 13.2. The second-order valence-electron chi connectivity index (χ2n) is 7.52. The number of hydrogen-bond donors (Lipinski definition) is 0. The van der Waals surface area contributed by atoms with E-state index in [9.17, 15) is 9.59 Å². The van der Waals surface area contributed by atoms with Crippen LogP contribution in [0.3, 0.4) is 0 Å². The third-order valence-electron chi connectivity index (χ3n) is 5.56. The Labute approximate surface area is 176 Å². The van der Waals surface area contributed by atoms with Crippen LogP contribution in [0.5, 0.6) is 11.5 Å². The molecule has 0 aromatic heterocycles. The zero-order valence-corrected chi connectivity index (χ0v) is 17.3. The van der Waals surface area contributed by atoms with Crippen LogP contribution in [0.15, 0.2) is 54.7 Å². The number of hydrogen-bond acceptors (Lipinski definition) is 4. The molecule has 4 rings (SSSR count). The van der Waals surface area contributed by atoms with Gasteiger partial charge in [0.1, 0.15) is 6.61 Å². The summed E-state index contributed by atoms with van der Waals surface area (Å²) in [6.07, 6.45) is 3.68. The normalized spacial score (nSPS) is 19.2. The number of benzene rings is 2. The van der Waals surface area contributed by atoms with E-state index in [4.69, 9.17) is 9.47 Å². The third-order valence-corrected chi connectivity index (χ3v) is 5.56. The van der Waals surface area contributed by atoms with Gasteiger partial charge in [0, 0.05) is 19.7 Å². The highest BCUT2D eigenvalue weighted by atomic mass is 16.6. The molecule has 2 heterocycles. The molecule has 6 nitrogen and oxygen atoms in total. The molecule has 0 fully saturated rings. The van der Waals surface area contributed by atoms with Crippen LogP contribution in [0.4, 0.5) is 0 Å². The Bertz CT molecular complexity index is 971. The van der Waals surface area contributed by atoms with Gasteiger partial charge in [-0.25, -0.2) is 0 Å². The van der Waals surface area contributed by atoms with E-state index in [2.05, 4.69) is 0 Å². The first-order valence-electron chi connectivity index (χ1n) is 10.3. The van der Waals surface area contributed by atoms with E-state index < -0.39 is 0 Å². The molecule has 2 atom stereocenters. The Hall–Kier alpha value is -3.28. The van der Waals surface area contributed by atoms with Gasteiger partial charge in [0.25, 0.3) is 0 Å². The first-order chi connectivity index (χ1) is 14.6. The van der Waals surface area contributed by atoms with E-state index in [0.717, 1.165) is 16.9 Å². The number of ether oxygens (including phenoxy) is 2. The highest BCUT2D eigenvalue weighted by Crippen LogP contribution is 2.34. The summed E-state index contributed by atoms with van der Waals surface area (Å²) in [5.41, 5.74) is 2.03. The van der Waals surface area contributed by atoms with E-state index in [1.54, 1.807) is 16.0 Å². The lowest BCUT2D eigenvalue weighted by Gasteiger charge is -2.35. The summed E-state index contributed by atoms with van der Waals surface area (Å²) in [6.45, 7) is 4.87. The maximum Gasteiger partial charge on any atom is 0.225 e. The van der Waals surface area contributed by atoms with E-state index >= 15 is 0 Å². The molecule has 2 unspecified atom stereocenters. The van der Waals surface area contributed by atoms with Crippen molar-refractivity contribution in [3.05, 3.63) is 65.9 Å². The number of rotatable bonds is 5. The van der Waals surface area contributed by atoms with E-state index in [1.807, 2.05) is 61.5 Å². The highest BCUT2D eigenvalue weighted by molar-refractivity contribution is 5.82. The van der Waals surface area contributed by atoms with Crippen molar-refractivity contribution in [2.45, 2.75) is 32.4 Å². The molecule has 2 aliphatic heterocycles. The van der Waals surface area contributed by atoms with Crippen molar-refractivity contribution < 1.29 is 19.1 Å². The van der Waals surface area contributed by atoms with Crippen LogP contribution in [-0.2, 0) is 9.59 Å². The predicted molar refractivity (Wildman–Crippen MR) is 114 cm³/mol. The minimum Gasteiger partial charge on any atom is -0.486 e. The molecule has 0 spiro atoms. The molecule has 2 amide bonds. The van der Waals surface area contributed by atoms with Crippen LogP contribution < -0.4 is 9.47 Å². The SMILES string of the molecule is CCN(CC1COc2ccccc2O1)C(=O)CC1c2ccccc2C=CN1C(C)=O. The summed E-state index contributed by atoms with van der Waals surface area (Å²) in [4.78, 5) is 28.8. The van der Waals surface area contributed by atoms with Crippen LogP contribution in [0, 0.1) is 0 Å². The number of amides is 2. The van der Waals surface area contributed by atoms with Gasteiger partial charge < -0.3 is 19.3 Å². The molecular weight excluding hydrogens is 380 g/mol. The summed E-state index contributed by atoms with van der Waals surface area (Å²) >= 11 is 0. The lowest BCUT2D eigenvalue weighted by molar-refractivity contribution is -0.135. The van der Waals surface area contributed by atoms with Crippen LogP contribution >= 0.6 is 0 Å². The van der Waals surface area contributed by atoms with Gasteiger partial charge in [-0.1, -0.05) is 36.4 Å². The number of nitrogens with zero attached hydrogens (tertiary/aromatic N) is 2. The fourth-order valence-electron chi connectivity index (χ4n) is 4.01. The minimum absolute atomic E-state index is 0.0127. The summed E-state index contributed by atoms with van der Waals surface area (Å²) < 4.78 is 11.8. The van der Waals surface area contributed by atoms with E-state index in [0.29, 0.717) is 25.4 Å². The lowest BCUT2D eigenvalue weighted by atomic mass is 9.93. The molecule has 0 N–H and O–H groups in total. The van der Waals surface area contributed by atoms with Gasteiger partial charge in [0.05, 0.1) is 19.0 Å². The number of para-hydroxylation sites is 2. The summed E-state index contributed by atoms with van der Waals surface area (Å²) in [5, 5.41) is 0. The maximum absolute atomic E-state index is 13.2. The smallest absolute Gasteiger partial charge is 0.225 e. The van der Waals surface area contributed by atoms with Crippen molar-refractivity contribution in [2.75, 3.05) is 19.7 Å². The molecule has 0 radical (unpaired) electrons. The number of carbonyl (C=O) groups is 2. The largest absolute Gasteiger partial charge is 0.486 e. The Kier molecular flexibility index (Phi) is 5.74. The number of likely N-dealkylation sites (N-methyl/N-ethyl adjacent to an activating group) is 1. The zero-order valence-electron chi connectivity index (χ0n) is 17.3. The molecule has 2 aromatic rings. The quantitative estimate of drug-likeness (QED) is 0.761. The number of carbonyl (C=O) groups excluding carboxylic acids is 2. The minimum atomic E-state index is -0.311. The molecule has 30 heavy (non-hydrogen) atoms. The van der Waals surface area contributed by atoms with Gasteiger partial charge in [-0.3, -0.25) is 9.59 Å². The lowest BCUT2D eigenvalue weighted by Crippen LogP contribution is -2.45. The van der Waals surface area contributed by atoms with Crippen LogP contribution in [-0.4, -0.2) is 47.4 Å². The standard InChI is InChI=1S/C24H26N2O4/c1-3-25(15-19-16-29-22-10-6-7-11-23(22)30-19)24(28)14-21-20-9-5-4-8-18(20)12-13-26(21)17(2)27/h4-13,19,21H,3,14-16H2,1-2H3. The van der Waals surface area contributed by atoms with Crippen LogP contribution in [0.2, 0.25) is 0 Å². The fraction of sp³-hybridized carbons (Fsp3) is 0.333. The van der Waals surface area contributed by atoms with Gasteiger partial charge in [-0.15, -0.1) is 0 Å². The first-order valence-corrected chi connectivity index (χ1v) is 10.3. The van der Waals surface area contributed by atoms with E-state index in [-0.39, 0.29) is 30.4 Å². The van der Waals surface area contributed by atoms with Gasteiger partial charge in [-0.2, -0.15) is 0 Å². The summed E-state index contributed by atoms with van der Waals surface area (Å²) in [6, 6.07) is 15.1. The Morgan fingerprint density at radius 3 is 2.60 bits per heavy atom. The van der Waals surface area contributed by atoms with Gasteiger partial charge >= 0.3 is 0 Å². The van der Waals surface area contributed by atoms with Crippen molar-refractivity contribution in [1.82, 2.24) is 9.80 Å². The van der Waals surface area contributed by atoms with Crippen molar-refractivity contribution in [3.63, 3.8) is 0 Å². The molecule has 0 saturated heterocycles. The molecule has 2 aliphatic rings. The van der Waals surface area contributed by atoms with Crippen molar-refractivity contribution in [2.24, 2.45) is 0 Å².